The molecule has 0 spiro atoms. The van der Waals surface area contributed by atoms with Crippen molar-refractivity contribution < 1.29 is 9.47 Å². The summed E-state index contributed by atoms with van der Waals surface area (Å²) in [5.41, 5.74) is 2.01. The Morgan fingerprint density at radius 1 is 1.00 bits per heavy atom. The molecule has 5 heteroatoms. The van der Waals surface area contributed by atoms with E-state index in [4.69, 9.17) is 9.47 Å². The van der Waals surface area contributed by atoms with E-state index < -0.39 is 0 Å². The van der Waals surface area contributed by atoms with E-state index in [0.717, 1.165) is 55.1 Å². The second-order valence-corrected chi connectivity index (χ2v) is 8.07. The number of nitrogens with zero attached hydrogens (tertiary/aromatic N) is 3. The van der Waals surface area contributed by atoms with Gasteiger partial charge >= 0.3 is 0 Å². The highest BCUT2D eigenvalue weighted by molar-refractivity contribution is 5.50. The molecule has 1 aliphatic carbocycles. The lowest BCUT2D eigenvalue weighted by Crippen LogP contribution is -2.31. The summed E-state index contributed by atoms with van der Waals surface area (Å²) in [4.78, 5) is 2.36. The van der Waals surface area contributed by atoms with Crippen LogP contribution < -0.4 is 4.74 Å². The molecule has 0 aromatic heterocycles. The predicted octanol–water partition coefficient (Wildman–Crippen LogP) is 4.55. The van der Waals surface area contributed by atoms with E-state index in [9.17, 15) is 10.5 Å². The van der Waals surface area contributed by atoms with Crippen molar-refractivity contribution in [2.24, 2.45) is 5.41 Å². The van der Waals surface area contributed by atoms with Gasteiger partial charge in [-0.3, -0.25) is 0 Å². The van der Waals surface area contributed by atoms with Crippen LogP contribution >= 0.6 is 0 Å². The van der Waals surface area contributed by atoms with Gasteiger partial charge in [0.15, 0.2) is 0 Å². The van der Waals surface area contributed by atoms with Gasteiger partial charge in [-0.1, -0.05) is 32.0 Å². The average Bonchev–Trinajstić information content (AvgIpc) is 3.22. The minimum Gasteiger partial charge on any atom is -0.490 e. The van der Waals surface area contributed by atoms with E-state index in [1.54, 1.807) is 0 Å². The molecule has 0 saturated carbocycles. The van der Waals surface area contributed by atoms with Crippen molar-refractivity contribution >= 4 is 0 Å². The summed E-state index contributed by atoms with van der Waals surface area (Å²) < 4.78 is 11.9. The largest absolute Gasteiger partial charge is 0.490 e. The molecule has 1 aromatic carbocycles. The molecular weight excluding hydrogens is 350 g/mol. The second kappa shape index (κ2) is 8.85. The third kappa shape index (κ3) is 4.67. The zero-order valence-electron chi connectivity index (χ0n) is 16.7. The van der Waals surface area contributed by atoms with Crippen molar-refractivity contribution in [2.45, 2.75) is 39.5 Å². The second-order valence-electron chi connectivity index (χ2n) is 8.07. The maximum Gasteiger partial charge on any atom is 0.143 e. The number of allylic oxidation sites excluding steroid dienone is 3. The van der Waals surface area contributed by atoms with Gasteiger partial charge in [-0.2, -0.15) is 10.5 Å². The standard InChI is InChI=1S/C23H27N3O2/c1-23(2)14-20(18(16-24)17-25)22(21(15-23)26-10-6-7-11-26)28-13-12-27-19-8-4-3-5-9-19/h3-5,8-9H,6-7,10-15H2,1-2H3. The molecule has 0 amide bonds. The maximum atomic E-state index is 9.49. The summed E-state index contributed by atoms with van der Waals surface area (Å²) in [5, 5.41) is 19.0. The quantitative estimate of drug-likeness (QED) is 0.537. The summed E-state index contributed by atoms with van der Waals surface area (Å²) in [5.74, 6) is 1.52. The molecule has 28 heavy (non-hydrogen) atoms. The first-order chi connectivity index (χ1) is 13.5. The molecule has 1 saturated heterocycles. The SMILES string of the molecule is CC1(C)CC(=C(C#N)C#N)C(OCCOc2ccccc2)=C(N2CCCC2)C1. The van der Waals surface area contributed by atoms with Crippen LogP contribution in [-0.4, -0.2) is 31.2 Å². The first kappa shape index (κ1) is 19.8. The van der Waals surface area contributed by atoms with E-state index in [1.807, 2.05) is 30.3 Å². The Hall–Kier alpha value is -2.92. The Morgan fingerprint density at radius 2 is 1.64 bits per heavy atom. The lowest BCUT2D eigenvalue weighted by atomic mass is 9.75. The third-order valence-corrected chi connectivity index (χ3v) is 5.19. The fourth-order valence-corrected chi connectivity index (χ4v) is 3.92. The van der Waals surface area contributed by atoms with E-state index in [2.05, 4.69) is 30.9 Å². The van der Waals surface area contributed by atoms with Crippen LogP contribution in [0.2, 0.25) is 0 Å². The number of rotatable bonds is 6. The van der Waals surface area contributed by atoms with Crippen molar-refractivity contribution in [3.8, 4) is 17.9 Å². The topological polar surface area (TPSA) is 69.3 Å². The summed E-state index contributed by atoms with van der Waals surface area (Å²) in [6.07, 6.45) is 3.87. The maximum absolute atomic E-state index is 9.49. The molecule has 0 bridgehead atoms. The van der Waals surface area contributed by atoms with Crippen LogP contribution in [0.1, 0.15) is 39.5 Å². The van der Waals surface area contributed by atoms with E-state index in [0.29, 0.717) is 19.6 Å². The van der Waals surface area contributed by atoms with Crippen LogP contribution in [-0.2, 0) is 4.74 Å². The van der Waals surface area contributed by atoms with Crippen LogP contribution in [0.3, 0.4) is 0 Å². The van der Waals surface area contributed by atoms with Crippen molar-refractivity contribution in [1.82, 2.24) is 4.90 Å². The third-order valence-electron chi connectivity index (χ3n) is 5.19. The fraction of sp³-hybridized carbons (Fsp3) is 0.478. The Bertz CT molecular complexity index is 819. The smallest absolute Gasteiger partial charge is 0.143 e. The summed E-state index contributed by atoms with van der Waals surface area (Å²) in [6, 6.07) is 13.8. The minimum absolute atomic E-state index is 0.0143. The molecule has 146 valence electrons. The van der Waals surface area contributed by atoms with E-state index in [-0.39, 0.29) is 11.0 Å². The first-order valence-electron chi connectivity index (χ1n) is 9.86. The zero-order valence-corrected chi connectivity index (χ0v) is 16.7. The average molecular weight is 377 g/mol. The highest BCUT2D eigenvalue weighted by atomic mass is 16.5. The fourth-order valence-electron chi connectivity index (χ4n) is 3.92. The molecule has 0 radical (unpaired) electrons. The molecule has 0 unspecified atom stereocenters. The number of ether oxygens (including phenoxy) is 2. The predicted molar refractivity (Wildman–Crippen MR) is 107 cm³/mol. The Labute approximate surface area is 167 Å². The molecule has 1 aliphatic heterocycles. The molecule has 0 atom stereocenters. The Kier molecular flexibility index (Phi) is 6.26. The number of benzene rings is 1. The van der Waals surface area contributed by atoms with Gasteiger partial charge in [-0.25, -0.2) is 0 Å². The number of likely N-dealkylation sites (tertiary alicyclic amines) is 1. The van der Waals surface area contributed by atoms with Crippen LogP contribution in [0.15, 0.2) is 52.9 Å². The summed E-state index contributed by atoms with van der Waals surface area (Å²) in [6.45, 7) is 7.15. The van der Waals surface area contributed by atoms with Crippen molar-refractivity contribution in [1.29, 1.82) is 10.5 Å². The van der Waals surface area contributed by atoms with Crippen LogP contribution in [0.25, 0.3) is 0 Å². The van der Waals surface area contributed by atoms with Gasteiger partial charge in [0.1, 0.15) is 42.4 Å². The molecule has 3 rings (SSSR count). The van der Waals surface area contributed by atoms with Gasteiger partial charge in [-0.05, 0) is 43.2 Å². The Morgan fingerprint density at radius 3 is 2.29 bits per heavy atom. The highest BCUT2D eigenvalue weighted by Crippen LogP contribution is 2.45. The van der Waals surface area contributed by atoms with Crippen molar-refractivity contribution in [2.75, 3.05) is 26.3 Å². The molecule has 1 fully saturated rings. The lowest BCUT2D eigenvalue weighted by Gasteiger charge is -2.38. The molecule has 2 aliphatic rings. The molecular formula is C23H27N3O2. The van der Waals surface area contributed by atoms with E-state index >= 15 is 0 Å². The van der Waals surface area contributed by atoms with Gasteiger partial charge in [-0.15, -0.1) is 0 Å². The highest BCUT2D eigenvalue weighted by Gasteiger charge is 2.36. The van der Waals surface area contributed by atoms with Crippen LogP contribution in [0, 0.1) is 28.1 Å². The Balaban J connectivity index is 1.84. The number of hydrogen-bond acceptors (Lipinski definition) is 5. The van der Waals surface area contributed by atoms with Crippen LogP contribution in [0.5, 0.6) is 5.75 Å². The van der Waals surface area contributed by atoms with Gasteiger partial charge in [0.25, 0.3) is 0 Å². The number of nitriles is 2. The first-order valence-corrected chi connectivity index (χ1v) is 9.86. The summed E-state index contributed by atoms with van der Waals surface area (Å²) >= 11 is 0. The number of para-hydroxylation sites is 1. The normalized spacial score (nSPS) is 18.4. The van der Waals surface area contributed by atoms with Gasteiger partial charge in [0.05, 0.1) is 5.70 Å². The van der Waals surface area contributed by atoms with Gasteiger partial charge in [0.2, 0.25) is 0 Å². The van der Waals surface area contributed by atoms with Gasteiger partial charge < -0.3 is 14.4 Å². The molecule has 1 aromatic rings. The zero-order chi connectivity index (χ0) is 20.0. The summed E-state index contributed by atoms with van der Waals surface area (Å²) in [7, 11) is 0. The lowest BCUT2D eigenvalue weighted by molar-refractivity contribution is 0.137. The monoisotopic (exact) mass is 377 g/mol. The van der Waals surface area contributed by atoms with Crippen molar-refractivity contribution in [3.05, 3.63) is 52.9 Å². The van der Waals surface area contributed by atoms with Gasteiger partial charge in [0, 0.05) is 18.7 Å². The van der Waals surface area contributed by atoms with E-state index in [1.165, 1.54) is 0 Å². The number of hydrogen-bond donors (Lipinski definition) is 0. The molecule has 1 heterocycles. The van der Waals surface area contributed by atoms with Crippen molar-refractivity contribution in [3.63, 3.8) is 0 Å². The van der Waals surface area contributed by atoms with Crippen LogP contribution in [0.4, 0.5) is 0 Å². The molecule has 0 N–H and O–H groups in total. The minimum atomic E-state index is -0.0143. The molecule has 5 nitrogen and oxygen atoms in total.